The van der Waals surface area contributed by atoms with Crippen molar-refractivity contribution in [3.8, 4) is 5.75 Å². The lowest BCUT2D eigenvalue weighted by atomic mass is 10.0. The van der Waals surface area contributed by atoms with E-state index in [1.54, 1.807) is 0 Å². The van der Waals surface area contributed by atoms with Gasteiger partial charge in [0.25, 0.3) is 0 Å². The van der Waals surface area contributed by atoms with Gasteiger partial charge >= 0.3 is 0 Å². The molecular weight excluding hydrogens is 432 g/mol. The lowest BCUT2D eigenvalue weighted by Crippen LogP contribution is -2.46. The van der Waals surface area contributed by atoms with E-state index >= 15 is 0 Å². The molecule has 0 saturated carbocycles. The fourth-order valence-electron chi connectivity index (χ4n) is 3.04. The Labute approximate surface area is 179 Å². The Hall–Kier alpha value is -2.86. The molecule has 0 bridgehead atoms. The highest BCUT2D eigenvalue weighted by Gasteiger charge is 2.26. The summed E-state index contributed by atoms with van der Waals surface area (Å²) in [6.45, 7) is 5.39. The number of aliphatic imine (C=N–C) groups is 2. The van der Waals surface area contributed by atoms with Gasteiger partial charge in [-0.05, 0) is 38.6 Å². The number of halogens is 2. The zero-order chi connectivity index (χ0) is 23.3. The summed E-state index contributed by atoms with van der Waals surface area (Å²) in [4.78, 5) is 20.5. The lowest BCUT2D eigenvalue weighted by molar-refractivity contribution is 0.102. The first-order valence-electron chi connectivity index (χ1n) is 9.29. The van der Waals surface area contributed by atoms with Crippen molar-refractivity contribution in [2.45, 2.75) is 25.8 Å². The van der Waals surface area contributed by atoms with Crippen LogP contribution in [0.3, 0.4) is 0 Å². The molecule has 1 aliphatic heterocycles. The maximum atomic E-state index is 14.2. The molecule has 0 unspecified atom stereocenters. The summed E-state index contributed by atoms with van der Waals surface area (Å²) in [5.74, 6) is -3.82. The number of carbonyl (C=O) groups excluding carboxylic acids is 1. The molecule has 0 spiro atoms. The van der Waals surface area contributed by atoms with Gasteiger partial charge in [0.2, 0.25) is 16.0 Å². The Bertz CT molecular complexity index is 1030. The maximum Gasteiger partial charge on any atom is 0.224 e. The second-order valence-electron chi connectivity index (χ2n) is 6.95. The number of ether oxygens (including phenoxy) is 1. The van der Waals surface area contributed by atoms with Crippen LogP contribution in [0.15, 0.2) is 33.5 Å². The van der Waals surface area contributed by atoms with E-state index in [0.717, 1.165) is 18.4 Å². The van der Waals surface area contributed by atoms with Crippen LogP contribution in [-0.2, 0) is 10.0 Å². The van der Waals surface area contributed by atoms with Gasteiger partial charge in [-0.1, -0.05) is 0 Å². The van der Waals surface area contributed by atoms with Crippen molar-refractivity contribution >= 4 is 28.5 Å². The highest BCUT2D eigenvalue weighted by molar-refractivity contribution is 7.88. The number of piperidine rings is 1. The first-order chi connectivity index (χ1) is 14.5. The number of nitrogens with one attached hydrogen (secondary N) is 1. The predicted molar refractivity (Wildman–Crippen MR) is 114 cm³/mol. The third-order valence-electron chi connectivity index (χ3n) is 4.86. The van der Waals surface area contributed by atoms with E-state index < -0.39 is 33.0 Å². The zero-order valence-electron chi connectivity index (χ0n) is 17.5. The molecule has 2 rings (SSSR count). The number of carbonyl (C=O) groups is 1. The van der Waals surface area contributed by atoms with E-state index in [-0.39, 0.29) is 29.1 Å². The molecule has 1 heterocycles. The summed E-state index contributed by atoms with van der Waals surface area (Å²) in [6, 6.07) is 1.86. The largest absolute Gasteiger partial charge is 0.496 e. The van der Waals surface area contributed by atoms with Crippen molar-refractivity contribution in [3.63, 3.8) is 0 Å². The van der Waals surface area contributed by atoms with Crippen LogP contribution in [0.1, 0.15) is 30.1 Å². The molecule has 1 aromatic carbocycles. The number of Topliss-reactive ketones (excluding diaryl/α,β-unsaturated/α-hetero) is 1. The second-order valence-corrected chi connectivity index (χ2v) is 8.93. The van der Waals surface area contributed by atoms with Gasteiger partial charge in [-0.15, -0.1) is 0 Å². The summed E-state index contributed by atoms with van der Waals surface area (Å²) in [5.41, 5.74) is 5.16. The van der Waals surface area contributed by atoms with Gasteiger partial charge in [0.1, 0.15) is 17.1 Å². The predicted octanol–water partition coefficient (Wildman–Crippen LogP) is 1.42. The number of ketones is 1. The van der Waals surface area contributed by atoms with Crippen molar-refractivity contribution in [2.24, 2.45) is 15.7 Å². The minimum atomic E-state index is -3.25. The molecule has 12 heteroatoms. The van der Waals surface area contributed by atoms with Crippen LogP contribution in [0.4, 0.5) is 8.78 Å². The molecule has 1 saturated heterocycles. The van der Waals surface area contributed by atoms with E-state index in [0.29, 0.717) is 25.9 Å². The van der Waals surface area contributed by atoms with Crippen LogP contribution in [0, 0.1) is 11.6 Å². The molecule has 0 aromatic heterocycles. The van der Waals surface area contributed by atoms with Crippen molar-refractivity contribution < 1.29 is 26.7 Å². The molecule has 0 amide bonds. The standard InChI is InChI=1S/C19H25F2N5O4S/c1-11(17(27)15-14(30-3)6-5-13(20)16(15)21)18(22)25-19(23-2)24-12-7-9-26(10-8-12)31(4,28)29/h5-6,12H,2,7-10,22H2,1,3-4H3,(H,24,25)/b18-11+. The van der Waals surface area contributed by atoms with Crippen LogP contribution >= 0.6 is 0 Å². The van der Waals surface area contributed by atoms with Crippen molar-refractivity contribution in [1.82, 2.24) is 9.62 Å². The zero-order valence-corrected chi connectivity index (χ0v) is 18.3. The third-order valence-corrected chi connectivity index (χ3v) is 6.16. The Morgan fingerprint density at radius 3 is 2.45 bits per heavy atom. The van der Waals surface area contributed by atoms with E-state index in [2.05, 4.69) is 22.0 Å². The van der Waals surface area contributed by atoms with E-state index in [1.807, 2.05) is 0 Å². The van der Waals surface area contributed by atoms with Gasteiger partial charge in [-0.2, -0.15) is 4.99 Å². The highest BCUT2D eigenvalue weighted by atomic mass is 32.2. The van der Waals surface area contributed by atoms with Gasteiger partial charge in [0.15, 0.2) is 17.4 Å². The molecular formula is C19H25F2N5O4S. The number of sulfonamides is 1. The minimum Gasteiger partial charge on any atom is -0.496 e. The average Bonchev–Trinajstić information content (AvgIpc) is 2.73. The van der Waals surface area contributed by atoms with Crippen LogP contribution < -0.4 is 15.8 Å². The summed E-state index contributed by atoms with van der Waals surface area (Å²) in [5, 5.41) is 3.00. The Morgan fingerprint density at radius 1 is 1.32 bits per heavy atom. The van der Waals surface area contributed by atoms with E-state index in [9.17, 15) is 22.0 Å². The summed E-state index contributed by atoms with van der Waals surface area (Å²) < 4.78 is 57.4. The van der Waals surface area contributed by atoms with Crippen molar-refractivity contribution in [3.05, 3.63) is 40.7 Å². The van der Waals surface area contributed by atoms with E-state index in [1.165, 1.54) is 18.3 Å². The molecule has 31 heavy (non-hydrogen) atoms. The maximum absolute atomic E-state index is 14.2. The number of nitrogens with zero attached hydrogens (tertiary/aromatic N) is 3. The van der Waals surface area contributed by atoms with Crippen molar-refractivity contribution in [1.29, 1.82) is 0 Å². The number of guanidine groups is 1. The quantitative estimate of drug-likeness (QED) is 0.288. The fraction of sp³-hybridized carbons (Fsp3) is 0.421. The molecule has 1 aromatic rings. The third kappa shape index (κ3) is 5.85. The number of rotatable bonds is 6. The molecule has 1 aliphatic rings. The minimum absolute atomic E-state index is 0.0223. The Morgan fingerprint density at radius 2 is 1.94 bits per heavy atom. The monoisotopic (exact) mass is 457 g/mol. The van der Waals surface area contributed by atoms with E-state index in [4.69, 9.17) is 10.5 Å². The van der Waals surface area contributed by atoms with Crippen molar-refractivity contribution in [2.75, 3.05) is 26.5 Å². The average molecular weight is 458 g/mol. The molecule has 3 N–H and O–H groups in total. The number of allylic oxidation sites excluding steroid dienone is 1. The summed E-state index contributed by atoms with van der Waals surface area (Å²) >= 11 is 0. The number of hydrogen-bond donors (Lipinski definition) is 2. The van der Waals surface area contributed by atoms with Gasteiger partial charge in [0, 0.05) is 24.7 Å². The number of methoxy groups -OCH3 is 1. The van der Waals surface area contributed by atoms with Crippen LogP contribution in [0.25, 0.3) is 0 Å². The Kier molecular flexibility index (Phi) is 7.85. The Balaban J connectivity index is 2.22. The summed E-state index contributed by atoms with van der Waals surface area (Å²) in [6.07, 6.45) is 2.17. The van der Waals surface area contributed by atoms with Gasteiger partial charge in [-0.3, -0.25) is 4.79 Å². The molecule has 0 aliphatic carbocycles. The topological polar surface area (TPSA) is 126 Å². The van der Waals surface area contributed by atoms with Crippen LogP contribution in [0.5, 0.6) is 5.75 Å². The molecule has 170 valence electrons. The van der Waals surface area contributed by atoms with Gasteiger partial charge in [0.05, 0.1) is 13.4 Å². The fourth-order valence-corrected chi connectivity index (χ4v) is 3.92. The molecule has 0 radical (unpaired) electrons. The van der Waals surface area contributed by atoms with Crippen LogP contribution in [-0.4, -0.2) is 63.7 Å². The van der Waals surface area contributed by atoms with Gasteiger partial charge in [-0.25, -0.2) is 26.5 Å². The number of hydrogen-bond acceptors (Lipinski definition) is 6. The van der Waals surface area contributed by atoms with Gasteiger partial charge < -0.3 is 15.8 Å². The van der Waals surface area contributed by atoms with Crippen LogP contribution in [0.2, 0.25) is 0 Å². The molecule has 1 fully saturated rings. The highest BCUT2D eigenvalue weighted by Crippen LogP contribution is 2.26. The number of benzene rings is 1. The first-order valence-corrected chi connectivity index (χ1v) is 11.1. The first kappa shape index (κ1) is 24.4. The smallest absolute Gasteiger partial charge is 0.224 e. The normalized spacial score (nSPS) is 17.1. The summed E-state index contributed by atoms with van der Waals surface area (Å²) in [7, 11) is -2.03. The molecule has 0 atom stereocenters. The molecule has 9 nitrogen and oxygen atoms in total. The SMILES string of the molecule is C=N/C(=N\C(N)=C(/C)C(=O)c1c(OC)ccc(F)c1F)NC1CCN(S(C)(=O)=O)CC1. The lowest BCUT2D eigenvalue weighted by Gasteiger charge is -2.30. The number of nitrogens with two attached hydrogens (primary N) is 1. The second kappa shape index (κ2) is 9.96.